The van der Waals surface area contributed by atoms with Gasteiger partial charge in [-0.15, -0.1) is 0 Å². The molecule has 5 nitrogen and oxygen atoms in total. The third kappa shape index (κ3) is 1.97. The standard InChI is InChI=1S/C16H16N2O3/c1-9(2)21-13-8-7-12-14-10(13)5-4-6-11(14)15(19)18(17-3)16(12)20/h4-9,17H,1-3H3. The lowest BCUT2D eigenvalue weighted by Gasteiger charge is -2.26. The predicted octanol–water partition coefficient (Wildman–Crippen LogP) is 2.36. The third-order valence-corrected chi connectivity index (χ3v) is 3.45. The second-order valence-corrected chi connectivity index (χ2v) is 5.18. The number of hydrazine groups is 1. The Bertz CT molecular complexity index is 730. The molecule has 3 rings (SSSR count). The van der Waals surface area contributed by atoms with Crippen molar-refractivity contribution in [2.45, 2.75) is 20.0 Å². The molecular formula is C16H16N2O3. The van der Waals surface area contributed by atoms with Gasteiger partial charge in [0.05, 0.1) is 17.2 Å². The van der Waals surface area contributed by atoms with Gasteiger partial charge < -0.3 is 4.74 Å². The minimum Gasteiger partial charge on any atom is -0.490 e. The van der Waals surface area contributed by atoms with Crippen LogP contribution in [0, 0.1) is 0 Å². The molecule has 108 valence electrons. The molecule has 0 saturated carbocycles. The highest BCUT2D eigenvalue weighted by Gasteiger charge is 2.32. The van der Waals surface area contributed by atoms with Gasteiger partial charge in [-0.2, -0.15) is 0 Å². The number of hydrogen-bond acceptors (Lipinski definition) is 4. The first-order valence-corrected chi connectivity index (χ1v) is 6.83. The number of amides is 2. The number of ether oxygens (including phenoxy) is 1. The zero-order chi connectivity index (χ0) is 15.1. The Kier molecular flexibility index (Phi) is 3.14. The van der Waals surface area contributed by atoms with Crippen molar-refractivity contribution in [3.05, 3.63) is 41.5 Å². The van der Waals surface area contributed by atoms with Crippen LogP contribution in [0.5, 0.6) is 5.75 Å². The molecule has 1 heterocycles. The van der Waals surface area contributed by atoms with Gasteiger partial charge >= 0.3 is 0 Å². The largest absolute Gasteiger partial charge is 0.490 e. The average molecular weight is 284 g/mol. The van der Waals surface area contributed by atoms with Crippen LogP contribution in [0.4, 0.5) is 0 Å². The van der Waals surface area contributed by atoms with Crippen LogP contribution >= 0.6 is 0 Å². The molecule has 1 N–H and O–H groups in total. The lowest BCUT2D eigenvalue weighted by Crippen LogP contribution is -2.47. The molecule has 0 unspecified atom stereocenters. The van der Waals surface area contributed by atoms with Crippen LogP contribution in [0.15, 0.2) is 30.3 Å². The maximum atomic E-state index is 12.4. The number of nitrogens with one attached hydrogen (secondary N) is 1. The molecule has 0 aromatic heterocycles. The molecule has 0 radical (unpaired) electrons. The molecule has 0 aliphatic carbocycles. The number of hydrogen-bond donors (Lipinski definition) is 1. The molecule has 0 atom stereocenters. The fraction of sp³-hybridized carbons (Fsp3) is 0.250. The van der Waals surface area contributed by atoms with E-state index in [0.717, 1.165) is 10.4 Å². The number of nitrogens with zero attached hydrogens (tertiary/aromatic N) is 1. The number of carbonyl (C=O) groups is 2. The Balaban J connectivity index is 2.31. The van der Waals surface area contributed by atoms with E-state index in [1.54, 1.807) is 31.3 Å². The Morgan fingerprint density at radius 1 is 1.05 bits per heavy atom. The molecule has 2 amide bonds. The number of carbonyl (C=O) groups excluding carboxylic acids is 2. The maximum Gasteiger partial charge on any atom is 0.275 e. The quantitative estimate of drug-likeness (QED) is 0.879. The highest BCUT2D eigenvalue weighted by Crippen LogP contribution is 2.35. The van der Waals surface area contributed by atoms with Crippen molar-refractivity contribution in [3.63, 3.8) is 0 Å². The van der Waals surface area contributed by atoms with Gasteiger partial charge in [0.15, 0.2) is 0 Å². The summed E-state index contributed by atoms with van der Waals surface area (Å²) in [5.74, 6) is -0.00583. The fourth-order valence-electron chi connectivity index (χ4n) is 2.63. The molecular weight excluding hydrogens is 268 g/mol. The van der Waals surface area contributed by atoms with Gasteiger partial charge in [-0.1, -0.05) is 12.1 Å². The monoisotopic (exact) mass is 284 g/mol. The van der Waals surface area contributed by atoms with Gasteiger partial charge in [-0.25, -0.2) is 10.4 Å². The Labute approximate surface area is 122 Å². The molecule has 5 heteroatoms. The normalized spacial score (nSPS) is 14.2. The first-order valence-electron chi connectivity index (χ1n) is 6.83. The van der Waals surface area contributed by atoms with E-state index in [1.165, 1.54) is 0 Å². The SMILES string of the molecule is CNN1C(=O)c2cccc3c(OC(C)C)ccc(c23)C1=O. The second-order valence-electron chi connectivity index (χ2n) is 5.18. The minimum absolute atomic E-state index is 0.0193. The summed E-state index contributed by atoms with van der Waals surface area (Å²) in [6.45, 7) is 3.88. The van der Waals surface area contributed by atoms with Crippen LogP contribution in [0.1, 0.15) is 34.6 Å². The summed E-state index contributed by atoms with van der Waals surface area (Å²) in [6.07, 6.45) is 0.0193. The number of imide groups is 1. The number of rotatable bonds is 3. The van der Waals surface area contributed by atoms with Crippen molar-refractivity contribution in [2.24, 2.45) is 0 Å². The van der Waals surface area contributed by atoms with Gasteiger partial charge in [-0.05, 0) is 32.0 Å². The predicted molar refractivity (Wildman–Crippen MR) is 79.3 cm³/mol. The van der Waals surface area contributed by atoms with Crippen molar-refractivity contribution in [2.75, 3.05) is 7.05 Å². The lowest BCUT2D eigenvalue weighted by atomic mass is 9.94. The van der Waals surface area contributed by atoms with E-state index in [1.807, 2.05) is 19.9 Å². The minimum atomic E-state index is -0.345. The van der Waals surface area contributed by atoms with Gasteiger partial charge in [-0.3, -0.25) is 9.59 Å². The van der Waals surface area contributed by atoms with Crippen molar-refractivity contribution in [1.29, 1.82) is 0 Å². The van der Waals surface area contributed by atoms with E-state index in [9.17, 15) is 9.59 Å². The third-order valence-electron chi connectivity index (χ3n) is 3.45. The maximum absolute atomic E-state index is 12.4. The van der Waals surface area contributed by atoms with Gasteiger partial charge in [0.1, 0.15) is 5.75 Å². The van der Waals surface area contributed by atoms with E-state index in [0.29, 0.717) is 22.3 Å². The average Bonchev–Trinajstić information content (AvgIpc) is 2.46. The molecule has 1 aliphatic rings. The Morgan fingerprint density at radius 3 is 2.33 bits per heavy atom. The molecule has 0 fully saturated rings. The summed E-state index contributed by atoms with van der Waals surface area (Å²) >= 11 is 0. The second kappa shape index (κ2) is 4.86. The molecule has 21 heavy (non-hydrogen) atoms. The van der Waals surface area contributed by atoms with Crippen LogP contribution in [-0.4, -0.2) is 30.0 Å². The zero-order valence-electron chi connectivity index (χ0n) is 12.1. The molecule has 2 aromatic rings. The Morgan fingerprint density at radius 2 is 1.71 bits per heavy atom. The van der Waals surface area contributed by atoms with Crippen LogP contribution < -0.4 is 10.2 Å². The summed E-state index contributed by atoms with van der Waals surface area (Å²) in [4.78, 5) is 24.8. The first-order chi connectivity index (χ1) is 10.0. The summed E-state index contributed by atoms with van der Waals surface area (Å²) < 4.78 is 5.78. The van der Waals surface area contributed by atoms with E-state index in [-0.39, 0.29) is 17.9 Å². The molecule has 1 aliphatic heterocycles. The number of benzene rings is 2. The highest BCUT2D eigenvalue weighted by atomic mass is 16.5. The van der Waals surface area contributed by atoms with Gasteiger partial charge in [0.2, 0.25) is 0 Å². The topological polar surface area (TPSA) is 58.6 Å². The Hall–Kier alpha value is -2.40. The van der Waals surface area contributed by atoms with Gasteiger partial charge in [0.25, 0.3) is 11.8 Å². The lowest BCUT2D eigenvalue weighted by molar-refractivity contribution is 0.0540. The molecule has 2 aromatic carbocycles. The van der Waals surface area contributed by atoms with E-state index in [2.05, 4.69) is 5.43 Å². The van der Waals surface area contributed by atoms with Crippen molar-refractivity contribution >= 4 is 22.6 Å². The zero-order valence-corrected chi connectivity index (χ0v) is 12.1. The summed E-state index contributed by atoms with van der Waals surface area (Å²) in [5, 5.41) is 2.48. The van der Waals surface area contributed by atoms with Crippen molar-refractivity contribution < 1.29 is 14.3 Å². The molecule has 0 saturated heterocycles. The first kappa shape index (κ1) is 13.6. The summed E-state index contributed by atoms with van der Waals surface area (Å²) in [5.41, 5.74) is 3.65. The smallest absolute Gasteiger partial charge is 0.275 e. The van der Waals surface area contributed by atoms with Crippen molar-refractivity contribution in [1.82, 2.24) is 10.4 Å². The van der Waals surface area contributed by atoms with Crippen LogP contribution in [0.3, 0.4) is 0 Å². The van der Waals surface area contributed by atoms with E-state index >= 15 is 0 Å². The van der Waals surface area contributed by atoms with E-state index < -0.39 is 0 Å². The highest BCUT2D eigenvalue weighted by molar-refractivity contribution is 6.25. The molecule has 0 bridgehead atoms. The fourth-order valence-corrected chi connectivity index (χ4v) is 2.63. The summed E-state index contributed by atoms with van der Waals surface area (Å²) in [7, 11) is 1.55. The van der Waals surface area contributed by atoms with Crippen LogP contribution in [-0.2, 0) is 0 Å². The molecule has 0 spiro atoms. The van der Waals surface area contributed by atoms with Crippen molar-refractivity contribution in [3.8, 4) is 5.75 Å². The van der Waals surface area contributed by atoms with E-state index in [4.69, 9.17) is 4.74 Å². The van der Waals surface area contributed by atoms with Gasteiger partial charge in [0, 0.05) is 17.8 Å². The van der Waals surface area contributed by atoms with Crippen LogP contribution in [0.25, 0.3) is 10.8 Å². The van der Waals surface area contributed by atoms with Crippen LogP contribution in [0.2, 0.25) is 0 Å². The summed E-state index contributed by atoms with van der Waals surface area (Å²) in [6, 6.07) is 8.89.